The van der Waals surface area contributed by atoms with Crippen molar-refractivity contribution < 1.29 is 14.4 Å². The zero-order chi connectivity index (χ0) is 18.8. The molecule has 0 spiro atoms. The summed E-state index contributed by atoms with van der Waals surface area (Å²) in [6.45, 7) is 0.399. The van der Waals surface area contributed by atoms with Crippen molar-refractivity contribution >= 4 is 23.6 Å². The predicted octanol–water partition coefficient (Wildman–Crippen LogP) is 1.09. The summed E-state index contributed by atoms with van der Waals surface area (Å²) in [7, 11) is 0. The van der Waals surface area contributed by atoms with Crippen LogP contribution in [0.3, 0.4) is 0 Å². The highest BCUT2D eigenvalue weighted by Crippen LogP contribution is 2.17. The molecule has 3 aromatic heterocycles. The average molecular weight is 366 g/mol. The number of carbonyl (C=O) groups excluding carboxylic acids is 1. The van der Waals surface area contributed by atoms with Gasteiger partial charge in [0.05, 0.1) is 6.26 Å². The Bertz CT molecular complexity index is 1090. The lowest BCUT2D eigenvalue weighted by atomic mass is 10.1. The third-order valence-electron chi connectivity index (χ3n) is 3.74. The summed E-state index contributed by atoms with van der Waals surface area (Å²) in [5, 5.41) is 15.9. The van der Waals surface area contributed by atoms with Crippen molar-refractivity contribution in [1.29, 1.82) is 0 Å². The van der Waals surface area contributed by atoms with E-state index in [4.69, 9.17) is 15.4 Å². The molecule has 1 amide bonds. The summed E-state index contributed by atoms with van der Waals surface area (Å²) in [6.07, 6.45) is 1.53. The van der Waals surface area contributed by atoms with E-state index < -0.39 is 5.91 Å². The largest absolute Gasteiger partial charge is 0.461 e. The number of carbonyl (C=O) groups is 1. The van der Waals surface area contributed by atoms with Gasteiger partial charge in [0.2, 0.25) is 17.7 Å². The number of aromatic nitrogens is 5. The number of furan rings is 1. The van der Waals surface area contributed by atoms with Gasteiger partial charge in [0.25, 0.3) is 11.7 Å². The Labute approximate surface area is 151 Å². The van der Waals surface area contributed by atoms with E-state index in [-0.39, 0.29) is 17.7 Å². The van der Waals surface area contributed by atoms with Crippen molar-refractivity contribution in [2.45, 2.75) is 6.54 Å². The smallest absolute Gasteiger partial charge is 0.274 e. The van der Waals surface area contributed by atoms with Gasteiger partial charge in [-0.05, 0) is 29.8 Å². The standard InChI is InChI=1S/C16H14N8O3/c17-14-20-15(18-8-9-3-5-10(6-4-9)13(25)23-26)21-16-19-12(22-24(14)16)11-2-1-7-27-11/h1-7,26H,8H2,(H,23,25)(H3,17,18,19,20,21,22). The van der Waals surface area contributed by atoms with Gasteiger partial charge in [0.15, 0.2) is 5.76 Å². The van der Waals surface area contributed by atoms with Gasteiger partial charge in [-0.3, -0.25) is 10.0 Å². The molecule has 1 aromatic carbocycles. The van der Waals surface area contributed by atoms with Crippen LogP contribution in [0.15, 0.2) is 47.1 Å². The second-order valence-corrected chi connectivity index (χ2v) is 5.52. The van der Waals surface area contributed by atoms with E-state index >= 15 is 0 Å². The number of fused-ring (bicyclic) bond motifs is 1. The number of rotatable bonds is 5. The molecule has 0 radical (unpaired) electrons. The number of amides is 1. The summed E-state index contributed by atoms with van der Waals surface area (Å²) in [4.78, 5) is 24.1. The third kappa shape index (κ3) is 3.26. The molecular formula is C16H14N8O3. The minimum Gasteiger partial charge on any atom is -0.461 e. The molecule has 0 saturated heterocycles. The number of nitrogens with zero attached hydrogens (tertiary/aromatic N) is 5. The van der Waals surface area contributed by atoms with Crippen molar-refractivity contribution in [2.75, 3.05) is 11.1 Å². The van der Waals surface area contributed by atoms with E-state index in [1.54, 1.807) is 41.9 Å². The Morgan fingerprint density at radius 3 is 2.70 bits per heavy atom. The van der Waals surface area contributed by atoms with Gasteiger partial charge in [0, 0.05) is 12.1 Å². The minimum absolute atomic E-state index is 0.128. The highest BCUT2D eigenvalue weighted by molar-refractivity contribution is 5.93. The molecule has 0 unspecified atom stereocenters. The molecule has 0 saturated carbocycles. The molecule has 5 N–H and O–H groups in total. The molecule has 0 bridgehead atoms. The third-order valence-corrected chi connectivity index (χ3v) is 3.74. The summed E-state index contributed by atoms with van der Waals surface area (Å²) in [5.74, 6) is 0.984. The van der Waals surface area contributed by atoms with E-state index in [0.717, 1.165) is 5.56 Å². The SMILES string of the molecule is Nc1nc(NCc2ccc(C(=O)NO)cc2)nc2nc(-c3ccco3)nn12. The van der Waals surface area contributed by atoms with Gasteiger partial charge < -0.3 is 15.5 Å². The Morgan fingerprint density at radius 2 is 2.00 bits per heavy atom. The van der Waals surface area contributed by atoms with Gasteiger partial charge >= 0.3 is 0 Å². The van der Waals surface area contributed by atoms with E-state index in [2.05, 4.69) is 25.4 Å². The first kappa shape index (κ1) is 16.5. The van der Waals surface area contributed by atoms with Gasteiger partial charge in [-0.2, -0.15) is 19.5 Å². The lowest BCUT2D eigenvalue weighted by molar-refractivity contribution is 0.0706. The van der Waals surface area contributed by atoms with Gasteiger partial charge in [-0.25, -0.2) is 5.48 Å². The monoisotopic (exact) mass is 366 g/mol. The normalized spacial score (nSPS) is 10.9. The maximum atomic E-state index is 11.3. The molecule has 136 valence electrons. The highest BCUT2D eigenvalue weighted by Gasteiger charge is 2.13. The number of hydrogen-bond donors (Lipinski definition) is 4. The lowest BCUT2D eigenvalue weighted by Crippen LogP contribution is -2.18. The molecule has 4 aromatic rings. The average Bonchev–Trinajstić information content (AvgIpc) is 3.36. The van der Waals surface area contributed by atoms with Crippen LogP contribution < -0.4 is 16.5 Å². The van der Waals surface area contributed by atoms with Crippen LogP contribution in [-0.4, -0.2) is 35.7 Å². The molecule has 11 heteroatoms. The quantitative estimate of drug-likeness (QED) is 0.300. The van der Waals surface area contributed by atoms with Gasteiger partial charge in [-0.1, -0.05) is 12.1 Å². The molecule has 27 heavy (non-hydrogen) atoms. The molecule has 0 fully saturated rings. The van der Waals surface area contributed by atoms with Crippen LogP contribution >= 0.6 is 0 Å². The molecule has 0 aliphatic heterocycles. The van der Waals surface area contributed by atoms with Gasteiger partial charge in [0.1, 0.15) is 0 Å². The van der Waals surface area contributed by atoms with Crippen LogP contribution in [0.1, 0.15) is 15.9 Å². The Hall–Kier alpha value is -3.99. The number of nitrogens with two attached hydrogens (primary N) is 1. The number of nitrogens with one attached hydrogen (secondary N) is 2. The van der Waals surface area contributed by atoms with Crippen LogP contribution in [0.25, 0.3) is 17.4 Å². The Balaban J connectivity index is 1.53. The van der Waals surface area contributed by atoms with Crippen LogP contribution in [0.5, 0.6) is 0 Å². The van der Waals surface area contributed by atoms with E-state index in [1.807, 2.05) is 0 Å². The fourth-order valence-electron chi connectivity index (χ4n) is 2.41. The summed E-state index contributed by atoms with van der Waals surface area (Å²) < 4.78 is 6.60. The maximum Gasteiger partial charge on any atom is 0.274 e. The van der Waals surface area contributed by atoms with Gasteiger partial charge in [-0.15, -0.1) is 5.10 Å². The van der Waals surface area contributed by atoms with Crippen LogP contribution in [0, 0.1) is 0 Å². The number of nitrogen functional groups attached to an aromatic ring is 1. The Morgan fingerprint density at radius 1 is 1.19 bits per heavy atom. The Kier molecular flexibility index (Phi) is 4.10. The van der Waals surface area contributed by atoms with Crippen LogP contribution in [0.2, 0.25) is 0 Å². The van der Waals surface area contributed by atoms with Crippen LogP contribution in [0.4, 0.5) is 11.9 Å². The fraction of sp³-hybridized carbons (Fsp3) is 0.0625. The summed E-state index contributed by atoms with van der Waals surface area (Å²) in [5.41, 5.74) is 8.74. The molecule has 0 aliphatic carbocycles. The zero-order valence-corrected chi connectivity index (χ0v) is 13.8. The first-order valence-electron chi connectivity index (χ1n) is 7.85. The summed E-state index contributed by atoms with van der Waals surface area (Å²) in [6, 6.07) is 10.1. The molecule has 4 rings (SSSR count). The number of hydrogen-bond acceptors (Lipinski definition) is 9. The van der Waals surface area contributed by atoms with Crippen molar-refractivity contribution in [3.8, 4) is 11.6 Å². The minimum atomic E-state index is -0.574. The van der Waals surface area contributed by atoms with Crippen molar-refractivity contribution in [1.82, 2.24) is 30.0 Å². The van der Waals surface area contributed by atoms with Crippen molar-refractivity contribution in [2.24, 2.45) is 0 Å². The number of hydroxylamine groups is 1. The van der Waals surface area contributed by atoms with E-state index in [9.17, 15) is 4.79 Å². The topological polar surface area (TPSA) is 156 Å². The van der Waals surface area contributed by atoms with E-state index in [1.165, 1.54) is 10.8 Å². The fourth-order valence-corrected chi connectivity index (χ4v) is 2.41. The molecule has 11 nitrogen and oxygen atoms in total. The first-order chi connectivity index (χ1) is 13.1. The second kappa shape index (κ2) is 6.72. The van der Waals surface area contributed by atoms with Crippen molar-refractivity contribution in [3.63, 3.8) is 0 Å². The summed E-state index contributed by atoms with van der Waals surface area (Å²) >= 11 is 0. The van der Waals surface area contributed by atoms with Crippen LogP contribution in [-0.2, 0) is 6.54 Å². The molecule has 0 aliphatic rings. The molecule has 0 atom stereocenters. The first-order valence-corrected chi connectivity index (χ1v) is 7.85. The van der Waals surface area contributed by atoms with E-state index in [0.29, 0.717) is 23.7 Å². The molecule has 3 heterocycles. The zero-order valence-electron chi connectivity index (χ0n) is 13.8. The maximum absolute atomic E-state index is 11.3. The second-order valence-electron chi connectivity index (χ2n) is 5.52. The lowest BCUT2D eigenvalue weighted by Gasteiger charge is -2.06. The highest BCUT2D eigenvalue weighted by atomic mass is 16.5. The number of benzene rings is 1. The predicted molar refractivity (Wildman–Crippen MR) is 93.7 cm³/mol. The molecular weight excluding hydrogens is 352 g/mol. The number of anilines is 2. The van der Waals surface area contributed by atoms with Crippen molar-refractivity contribution in [3.05, 3.63) is 53.8 Å².